The molecule has 0 amide bonds. The SMILES string of the molecule is Nc1[nH]ncc1Sc1nnc(C2CC2)n1C1CC1. The van der Waals surface area contributed by atoms with Gasteiger partial charge in [0.1, 0.15) is 11.6 Å². The van der Waals surface area contributed by atoms with Gasteiger partial charge in [-0.05, 0) is 37.4 Å². The number of nitrogens with one attached hydrogen (secondary N) is 1. The van der Waals surface area contributed by atoms with Crippen LogP contribution in [0.25, 0.3) is 0 Å². The van der Waals surface area contributed by atoms with Crippen molar-refractivity contribution in [2.24, 2.45) is 0 Å². The van der Waals surface area contributed by atoms with Crippen LogP contribution in [0, 0.1) is 0 Å². The quantitative estimate of drug-likeness (QED) is 0.879. The predicted molar refractivity (Wildman–Crippen MR) is 67.4 cm³/mol. The van der Waals surface area contributed by atoms with Gasteiger partial charge in [-0.1, -0.05) is 0 Å². The lowest BCUT2D eigenvalue weighted by Gasteiger charge is -2.07. The first kappa shape index (κ1) is 10.4. The van der Waals surface area contributed by atoms with E-state index in [1.165, 1.54) is 31.5 Å². The van der Waals surface area contributed by atoms with E-state index in [-0.39, 0.29) is 0 Å². The van der Waals surface area contributed by atoms with Crippen molar-refractivity contribution in [3.05, 3.63) is 12.0 Å². The van der Waals surface area contributed by atoms with Crippen molar-refractivity contribution in [3.8, 4) is 0 Å². The molecule has 0 atom stereocenters. The molecule has 0 unspecified atom stereocenters. The van der Waals surface area contributed by atoms with Crippen molar-refractivity contribution in [3.63, 3.8) is 0 Å². The van der Waals surface area contributed by atoms with Crippen molar-refractivity contribution < 1.29 is 0 Å². The van der Waals surface area contributed by atoms with Crippen molar-refractivity contribution in [1.82, 2.24) is 25.0 Å². The predicted octanol–water partition coefficient (Wildman–Crippen LogP) is 1.95. The van der Waals surface area contributed by atoms with Gasteiger partial charge >= 0.3 is 0 Å². The molecule has 94 valence electrons. The number of rotatable bonds is 4. The number of H-pyrrole nitrogens is 1. The fraction of sp³-hybridized carbons (Fsp3) is 0.545. The molecule has 0 spiro atoms. The molecule has 3 N–H and O–H groups in total. The van der Waals surface area contributed by atoms with Gasteiger partial charge in [-0.15, -0.1) is 10.2 Å². The Hall–Kier alpha value is -1.50. The summed E-state index contributed by atoms with van der Waals surface area (Å²) in [5.41, 5.74) is 5.81. The lowest BCUT2D eigenvalue weighted by molar-refractivity contribution is 0.627. The van der Waals surface area contributed by atoms with Crippen molar-refractivity contribution >= 4 is 17.6 Å². The van der Waals surface area contributed by atoms with Crippen LogP contribution in [-0.4, -0.2) is 25.0 Å². The van der Waals surface area contributed by atoms with Gasteiger partial charge in [0, 0.05) is 12.0 Å². The highest BCUT2D eigenvalue weighted by Crippen LogP contribution is 2.46. The maximum Gasteiger partial charge on any atom is 0.196 e. The average Bonchev–Trinajstić information content (AvgIpc) is 3.28. The Kier molecular flexibility index (Phi) is 2.17. The second kappa shape index (κ2) is 3.74. The van der Waals surface area contributed by atoms with Gasteiger partial charge < -0.3 is 10.3 Å². The van der Waals surface area contributed by atoms with E-state index in [0.29, 0.717) is 17.8 Å². The largest absolute Gasteiger partial charge is 0.383 e. The Morgan fingerprint density at radius 3 is 2.72 bits per heavy atom. The van der Waals surface area contributed by atoms with Gasteiger partial charge in [-0.25, -0.2) is 0 Å². The summed E-state index contributed by atoms with van der Waals surface area (Å²) in [6, 6.07) is 0.603. The first-order chi connectivity index (χ1) is 8.83. The van der Waals surface area contributed by atoms with E-state index in [2.05, 4.69) is 25.0 Å². The van der Waals surface area contributed by atoms with E-state index in [1.807, 2.05) is 0 Å². The normalized spacial score (nSPS) is 19.3. The maximum absolute atomic E-state index is 5.81. The zero-order valence-electron chi connectivity index (χ0n) is 9.83. The third kappa shape index (κ3) is 1.69. The average molecular weight is 262 g/mol. The molecular formula is C11H14N6S. The molecule has 0 aromatic carbocycles. The highest BCUT2D eigenvalue weighted by Gasteiger charge is 2.36. The molecule has 18 heavy (non-hydrogen) atoms. The van der Waals surface area contributed by atoms with Crippen LogP contribution in [0.15, 0.2) is 16.2 Å². The van der Waals surface area contributed by atoms with Crippen LogP contribution in [0.2, 0.25) is 0 Å². The Morgan fingerprint density at radius 2 is 2.11 bits per heavy atom. The van der Waals surface area contributed by atoms with Gasteiger partial charge in [-0.2, -0.15) is 5.10 Å². The minimum absolute atomic E-state index is 0.596. The molecule has 4 rings (SSSR count). The van der Waals surface area contributed by atoms with E-state index in [1.54, 1.807) is 18.0 Å². The van der Waals surface area contributed by atoms with Crippen LogP contribution in [0.4, 0.5) is 5.82 Å². The smallest absolute Gasteiger partial charge is 0.196 e. The lowest BCUT2D eigenvalue weighted by atomic mass is 10.4. The van der Waals surface area contributed by atoms with E-state index < -0.39 is 0 Å². The summed E-state index contributed by atoms with van der Waals surface area (Å²) in [4.78, 5) is 0.923. The molecule has 2 aliphatic rings. The summed E-state index contributed by atoms with van der Waals surface area (Å²) in [5.74, 6) is 2.40. The number of hydrogen-bond acceptors (Lipinski definition) is 5. The van der Waals surface area contributed by atoms with Gasteiger partial charge in [0.15, 0.2) is 5.16 Å². The number of aromatic nitrogens is 5. The lowest BCUT2D eigenvalue weighted by Crippen LogP contribution is -2.01. The Balaban J connectivity index is 1.69. The minimum atomic E-state index is 0.596. The first-order valence-electron chi connectivity index (χ1n) is 6.24. The molecule has 0 bridgehead atoms. The number of nitrogen functional groups attached to an aromatic ring is 1. The number of nitrogens with zero attached hydrogens (tertiary/aromatic N) is 4. The van der Waals surface area contributed by atoms with Crippen LogP contribution < -0.4 is 5.73 Å². The monoisotopic (exact) mass is 262 g/mol. The minimum Gasteiger partial charge on any atom is -0.383 e. The fourth-order valence-electron chi connectivity index (χ4n) is 2.12. The standard InChI is InChI=1S/C11H14N6S/c12-9-8(5-13-14-9)18-11-16-15-10(6-1-2-6)17(11)7-3-4-7/h5-7H,1-4H2,(H3,12,13,14). The van der Waals surface area contributed by atoms with Gasteiger partial charge in [0.2, 0.25) is 0 Å². The summed E-state index contributed by atoms with van der Waals surface area (Å²) in [6.45, 7) is 0. The molecule has 2 aromatic heterocycles. The molecule has 0 saturated heterocycles. The number of anilines is 1. The van der Waals surface area contributed by atoms with Gasteiger partial charge in [-0.3, -0.25) is 5.10 Å². The van der Waals surface area contributed by atoms with Crippen LogP contribution >= 0.6 is 11.8 Å². The first-order valence-corrected chi connectivity index (χ1v) is 7.06. The Labute approximate surface area is 108 Å². The van der Waals surface area contributed by atoms with E-state index in [0.717, 1.165) is 10.1 Å². The zero-order valence-corrected chi connectivity index (χ0v) is 10.7. The third-order valence-corrected chi connectivity index (χ3v) is 4.39. The highest BCUT2D eigenvalue weighted by molar-refractivity contribution is 7.99. The van der Waals surface area contributed by atoms with E-state index >= 15 is 0 Å². The molecule has 2 aliphatic carbocycles. The van der Waals surface area contributed by atoms with Crippen molar-refractivity contribution in [2.45, 2.75) is 47.7 Å². The maximum atomic E-state index is 5.81. The van der Waals surface area contributed by atoms with Crippen LogP contribution in [0.3, 0.4) is 0 Å². The van der Waals surface area contributed by atoms with E-state index in [4.69, 9.17) is 5.73 Å². The molecule has 2 heterocycles. The molecule has 7 heteroatoms. The zero-order chi connectivity index (χ0) is 12.1. The van der Waals surface area contributed by atoms with E-state index in [9.17, 15) is 0 Å². The molecule has 2 saturated carbocycles. The molecule has 6 nitrogen and oxygen atoms in total. The molecule has 2 aromatic rings. The topological polar surface area (TPSA) is 85.4 Å². The molecule has 2 fully saturated rings. The number of nitrogens with two attached hydrogens (primary N) is 1. The fourth-order valence-corrected chi connectivity index (χ4v) is 3.00. The van der Waals surface area contributed by atoms with Crippen LogP contribution in [0.1, 0.15) is 43.5 Å². The molecule has 0 aliphatic heterocycles. The summed E-state index contributed by atoms with van der Waals surface area (Å²) in [6.07, 6.45) is 6.73. The summed E-state index contributed by atoms with van der Waals surface area (Å²) in [7, 11) is 0. The third-order valence-electron chi connectivity index (χ3n) is 3.38. The van der Waals surface area contributed by atoms with Crippen LogP contribution in [0.5, 0.6) is 0 Å². The summed E-state index contributed by atoms with van der Waals surface area (Å²) in [5, 5.41) is 16.3. The van der Waals surface area contributed by atoms with Gasteiger partial charge in [0.25, 0.3) is 0 Å². The summed E-state index contributed by atoms with van der Waals surface area (Å²) >= 11 is 1.55. The number of aromatic amines is 1. The van der Waals surface area contributed by atoms with Crippen LogP contribution in [-0.2, 0) is 0 Å². The summed E-state index contributed by atoms with van der Waals surface area (Å²) < 4.78 is 2.31. The van der Waals surface area contributed by atoms with Crippen molar-refractivity contribution in [1.29, 1.82) is 0 Å². The Bertz CT molecular complexity index is 580. The second-order valence-corrected chi connectivity index (χ2v) is 5.98. The van der Waals surface area contributed by atoms with Gasteiger partial charge in [0.05, 0.1) is 11.1 Å². The van der Waals surface area contributed by atoms with Crippen molar-refractivity contribution in [2.75, 3.05) is 5.73 Å². The second-order valence-electron chi connectivity index (χ2n) is 4.97. The molecule has 0 radical (unpaired) electrons. The highest BCUT2D eigenvalue weighted by atomic mass is 32.2. The number of hydrogen-bond donors (Lipinski definition) is 2. The Morgan fingerprint density at radius 1 is 1.28 bits per heavy atom. The molecular weight excluding hydrogens is 248 g/mol.